The molecule has 1 aromatic carbocycles. The van der Waals surface area contributed by atoms with Crippen LogP contribution in [0, 0.1) is 0 Å². The Bertz CT molecular complexity index is 861. The molecule has 1 aromatic rings. The van der Waals surface area contributed by atoms with Crippen LogP contribution < -0.4 is 0 Å². The molecule has 0 aromatic heterocycles. The van der Waals surface area contributed by atoms with Crippen molar-refractivity contribution in [3.8, 4) is 0 Å². The van der Waals surface area contributed by atoms with E-state index in [1.165, 1.54) is 0 Å². The topological polar surface area (TPSA) is 76.1 Å². The minimum Gasteiger partial charge on any atom is -0.411 e. The molecule has 0 spiro atoms. The van der Waals surface area contributed by atoms with Gasteiger partial charge in [-0.15, -0.1) is 0 Å². The number of sulfone groups is 1. The zero-order valence-corrected chi connectivity index (χ0v) is 25.1. The lowest BCUT2D eigenvalue weighted by Crippen LogP contribution is -2.54. The van der Waals surface area contributed by atoms with Crippen molar-refractivity contribution in [2.45, 2.75) is 114 Å². The second-order valence-electron chi connectivity index (χ2n) is 12.0. The second kappa shape index (κ2) is 12.2. The van der Waals surface area contributed by atoms with E-state index in [1.807, 2.05) is 26.8 Å². The fourth-order valence-electron chi connectivity index (χ4n) is 5.75. The molecule has 2 rings (SSSR count). The summed E-state index contributed by atoms with van der Waals surface area (Å²) in [6.45, 7) is 20.7. The molecule has 1 aliphatic rings. The van der Waals surface area contributed by atoms with Gasteiger partial charge in [0.2, 0.25) is 8.32 Å². The van der Waals surface area contributed by atoms with Crippen molar-refractivity contribution in [2.24, 2.45) is 0 Å². The van der Waals surface area contributed by atoms with E-state index in [1.54, 1.807) is 24.3 Å². The monoisotopic (exact) mass is 527 g/mol. The Hall–Kier alpha value is -0.773. The van der Waals surface area contributed by atoms with Gasteiger partial charge in [-0.1, -0.05) is 59.7 Å². The van der Waals surface area contributed by atoms with Crippen molar-refractivity contribution in [3.63, 3.8) is 0 Å². The van der Waals surface area contributed by atoms with Crippen LogP contribution in [-0.2, 0) is 19.0 Å². The molecule has 35 heavy (non-hydrogen) atoms. The van der Waals surface area contributed by atoms with Gasteiger partial charge in [0.05, 0.1) is 35.1 Å². The fraction of sp³-hybridized carbons (Fsp3) is 0.778. The Morgan fingerprint density at radius 1 is 1.03 bits per heavy atom. The van der Waals surface area contributed by atoms with Gasteiger partial charge in [0.25, 0.3) is 0 Å². The van der Waals surface area contributed by atoms with Gasteiger partial charge in [-0.25, -0.2) is 8.42 Å². The predicted molar refractivity (Wildman–Crippen MR) is 146 cm³/mol. The highest BCUT2D eigenvalue weighted by Gasteiger charge is 2.50. The fourth-order valence-corrected chi connectivity index (χ4v) is 13.0. The molecule has 1 saturated heterocycles. The number of aliphatic hydroxyl groups excluding tert-OH is 1. The lowest BCUT2D eigenvalue weighted by molar-refractivity contribution is -0.0575. The molecule has 0 bridgehead atoms. The molecule has 1 heterocycles. The number of ether oxygens (including phenoxy) is 1. The van der Waals surface area contributed by atoms with Crippen LogP contribution in [0.3, 0.4) is 0 Å². The maximum atomic E-state index is 13.4. The summed E-state index contributed by atoms with van der Waals surface area (Å²) < 4.78 is 39.8. The quantitative estimate of drug-likeness (QED) is 0.373. The van der Waals surface area contributed by atoms with Crippen LogP contribution >= 0.6 is 0 Å². The molecule has 1 fully saturated rings. The summed E-state index contributed by atoms with van der Waals surface area (Å²) in [7, 11) is -5.72. The standard InChI is InChI=1S/C27H49NO5SSi/c1-20(2)35(21(3)4,22(5)6)33-26-15-16-28(17-23(29)18-32-27(7,8)9)25(26)19-34(30,31)24-13-11-10-12-14-24/h10-14,20-23,25-26,29H,15-19H2,1-9H3/t23-,25-,26-/m0/s1. The molecule has 0 amide bonds. The zero-order chi connectivity index (χ0) is 26.6. The van der Waals surface area contributed by atoms with Crippen molar-refractivity contribution in [1.29, 1.82) is 0 Å². The number of aliphatic hydroxyl groups is 1. The molecule has 0 aliphatic carbocycles. The summed E-state index contributed by atoms with van der Waals surface area (Å²) in [5.74, 6) is -0.0205. The first-order valence-corrected chi connectivity index (χ1v) is 16.9. The van der Waals surface area contributed by atoms with Crippen LogP contribution in [0.25, 0.3) is 0 Å². The Morgan fingerprint density at radius 2 is 1.57 bits per heavy atom. The van der Waals surface area contributed by atoms with Gasteiger partial charge >= 0.3 is 0 Å². The molecule has 1 N–H and O–H groups in total. The zero-order valence-electron chi connectivity index (χ0n) is 23.3. The minimum absolute atomic E-state index is 0.0205. The second-order valence-corrected chi connectivity index (χ2v) is 19.4. The third-order valence-electron chi connectivity index (χ3n) is 7.31. The van der Waals surface area contributed by atoms with Crippen LogP contribution in [0.1, 0.15) is 68.7 Å². The third kappa shape index (κ3) is 7.85. The Labute approximate surface area is 215 Å². The molecule has 0 saturated carbocycles. The lowest BCUT2D eigenvalue weighted by atomic mass is 10.2. The van der Waals surface area contributed by atoms with Crippen molar-refractivity contribution >= 4 is 18.2 Å². The van der Waals surface area contributed by atoms with Gasteiger partial charge in [0.15, 0.2) is 9.84 Å². The average molecular weight is 528 g/mol. The molecular formula is C27H49NO5SSi. The maximum Gasteiger partial charge on any atom is 0.200 e. The molecule has 0 radical (unpaired) electrons. The predicted octanol–water partition coefficient (Wildman–Crippen LogP) is 5.27. The van der Waals surface area contributed by atoms with Gasteiger partial charge in [-0.3, -0.25) is 4.90 Å². The highest BCUT2D eigenvalue weighted by atomic mass is 32.2. The van der Waals surface area contributed by atoms with E-state index >= 15 is 0 Å². The van der Waals surface area contributed by atoms with Crippen molar-refractivity contribution in [1.82, 2.24) is 4.90 Å². The molecular weight excluding hydrogens is 478 g/mol. The SMILES string of the molecule is CC(C)[Si](O[C@H]1CCN(C[C@H](O)COC(C)(C)C)[C@H]1CS(=O)(=O)c1ccccc1)(C(C)C)C(C)C. The highest BCUT2D eigenvalue weighted by Crippen LogP contribution is 2.44. The van der Waals surface area contributed by atoms with E-state index in [2.05, 4.69) is 46.4 Å². The number of rotatable bonds is 12. The summed E-state index contributed by atoms with van der Waals surface area (Å²) >= 11 is 0. The molecule has 1 aliphatic heterocycles. The van der Waals surface area contributed by atoms with E-state index in [4.69, 9.17) is 9.16 Å². The summed E-state index contributed by atoms with van der Waals surface area (Å²) in [4.78, 5) is 2.45. The largest absolute Gasteiger partial charge is 0.411 e. The normalized spacial score (nSPS) is 21.4. The van der Waals surface area contributed by atoms with E-state index in [9.17, 15) is 13.5 Å². The molecule has 3 atom stereocenters. The molecule has 202 valence electrons. The summed E-state index contributed by atoms with van der Waals surface area (Å²) in [6.07, 6.45) is -0.108. The summed E-state index contributed by atoms with van der Waals surface area (Å²) in [6, 6.07) is 8.35. The number of likely N-dealkylation sites (tertiary alicyclic amines) is 1. The number of β-amino-alcohol motifs (C(OH)–C–C–N with tert-alkyl or cyclic N) is 1. The van der Waals surface area contributed by atoms with Gasteiger partial charge in [-0.2, -0.15) is 0 Å². The lowest BCUT2D eigenvalue weighted by Gasteiger charge is -2.45. The number of nitrogens with zero attached hydrogens (tertiary/aromatic N) is 1. The van der Waals surface area contributed by atoms with Crippen LogP contribution in [0.4, 0.5) is 0 Å². The van der Waals surface area contributed by atoms with Crippen molar-refractivity contribution in [2.75, 3.05) is 25.4 Å². The third-order valence-corrected chi connectivity index (χ3v) is 15.2. The van der Waals surface area contributed by atoms with E-state index < -0.39 is 24.3 Å². The average Bonchev–Trinajstić information content (AvgIpc) is 3.10. The van der Waals surface area contributed by atoms with Crippen LogP contribution in [0.2, 0.25) is 16.6 Å². The van der Waals surface area contributed by atoms with Crippen LogP contribution in [0.15, 0.2) is 35.2 Å². The van der Waals surface area contributed by atoms with E-state index in [0.29, 0.717) is 34.6 Å². The number of hydrogen-bond acceptors (Lipinski definition) is 6. The van der Waals surface area contributed by atoms with Gasteiger partial charge < -0.3 is 14.3 Å². The number of hydrogen-bond donors (Lipinski definition) is 1. The Morgan fingerprint density at radius 3 is 2.06 bits per heavy atom. The number of benzene rings is 1. The first-order valence-electron chi connectivity index (χ1n) is 13.1. The minimum atomic E-state index is -3.52. The molecule has 0 unspecified atom stereocenters. The summed E-state index contributed by atoms with van der Waals surface area (Å²) in [5.41, 5.74) is 0.890. The molecule has 8 heteroatoms. The molecule has 6 nitrogen and oxygen atoms in total. The van der Waals surface area contributed by atoms with Crippen molar-refractivity contribution in [3.05, 3.63) is 30.3 Å². The van der Waals surface area contributed by atoms with Crippen LogP contribution in [-0.4, -0.2) is 76.0 Å². The summed E-state index contributed by atoms with van der Waals surface area (Å²) in [5, 5.41) is 10.7. The van der Waals surface area contributed by atoms with Crippen molar-refractivity contribution < 1.29 is 22.7 Å². The highest BCUT2D eigenvalue weighted by molar-refractivity contribution is 7.91. The first kappa shape index (κ1) is 30.5. The van der Waals surface area contributed by atoms with E-state index in [-0.39, 0.29) is 30.1 Å². The van der Waals surface area contributed by atoms with Crippen LogP contribution in [0.5, 0.6) is 0 Å². The maximum absolute atomic E-state index is 13.4. The van der Waals surface area contributed by atoms with E-state index in [0.717, 1.165) is 6.42 Å². The van der Waals surface area contributed by atoms with Gasteiger partial charge in [0, 0.05) is 19.1 Å². The van der Waals surface area contributed by atoms with Gasteiger partial charge in [0.1, 0.15) is 0 Å². The smallest absolute Gasteiger partial charge is 0.200 e. The Balaban J connectivity index is 2.35. The Kier molecular flexibility index (Phi) is 10.6. The first-order chi connectivity index (χ1) is 16.1. The van der Waals surface area contributed by atoms with Gasteiger partial charge in [-0.05, 0) is 55.9 Å².